The Morgan fingerprint density at radius 1 is 1.06 bits per heavy atom. The van der Waals surface area contributed by atoms with Crippen LogP contribution in [-0.2, 0) is 19.2 Å². The van der Waals surface area contributed by atoms with Crippen molar-refractivity contribution in [3.8, 4) is 11.8 Å². The van der Waals surface area contributed by atoms with Crippen molar-refractivity contribution in [2.24, 2.45) is 11.3 Å². The van der Waals surface area contributed by atoms with Crippen LogP contribution in [0.15, 0.2) is 12.1 Å². The molecule has 0 atom stereocenters. The number of ketones is 3. The molecule has 1 amide bonds. The van der Waals surface area contributed by atoms with Crippen molar-refractivity contribution in [2.75, 3.05) is 7.05 Å². The summed E-state index contributed by atoms with van der Waals surface area (Å²) in [7, 11) is 1.46. The van der Waals surface area contributed by atoms with Crippen LogP contribution in [0.4, 0.5) is 0 Å². The number of benzene rings is 1. The molecule has 0 unspecified atom stereocenters. The molecular weight excluding hydrogens is 390 g/mol. The molecule has 2 aliphatic carbocycles. The Balaban J connectivity index is 1.72. The van der Waals surface area contributed by atoms with Crippen molar-refractivity contribution < 1.29 is 19.2 Å². The summed E-state index contributed by atoms with van der Waals surface area (Å²) in [5, 5.41) is 2.38. The minimum absolute atomic E-state index is 0.0108. The number of nitrogens with one attached hydrogen (secondary N) is 1. The molecule has 5 heteroatoms. The van der Waals surface area contributed by atoms with Crippen LogP contribution < -0.4 is 5.32 Å². The lowest BCUT2D eigenvalue weighted by Crippen LogP contribution is -2.42. The van der Waals surface area contributed by atoms with Gasteiger partial charge in [-0.25, -0.2) is 0 Å². The molecule has 5 nitrogen and oxygen atoms in total. The van der Waals surface area contributed by atoms with E-state index in [4.69, 9.17) is 0 Å². The zero-order valence-corrected chi connectivity index (χ0v) is 18.9. The third-order valence-corrected chi connectivity index (χ3v) is 7.01. The molecule has 2 saturated carbocycles. The Morgan fingerprint density at radius 2 is 1.61 bits per heavy atom. The van der Waals surface area contributed by atoms with Gasteiger partial charge < -0.3 is 5.32 Å². The molecule has 0 radical (unpaired) electrons. The standard InChI is InChI=1S/C26H31NO4/c1-5-6-19-11-16(2)23(17(3)12-19)24-21(29)14-26(15-22(24)30)9-7-18(8-10-26)13-20(28)25(31)27-4/h11-12,18,24H,7-10,13-15H2,1-4H3,(H,27,31). The van der Waals surface area contributed by atoms with Crippen LogP contribution in [0, 0.1) is 37.0 Å². The highest BCUT2D eigenvalue weighted by Gasteiger charge is 2.47. The van der Waals surface area contributed by atoms with Gasteiger partial charge in [0.1, 0.15) is 17.5 Å². The van der Waals surface area contributed by atoms with E-state index in [0.717, 1.165) is 47.9 Å². The topological polar surface area (TPSA) is 80.3 Å². The van der Waals surface area contributed by atoms with Gasteiger partial charge in [0.15, 0.2) is 0 Å². The zero-order valence-electron chi connectivity index (χ0n) is 18.9. The molecule has 1 N–H and O–H groups in total. The van der Waals surface area contributed by atoms with Crippen molar-refractivity contribution in [3.63, 3.8) is 0 Å². The minimum atomic E-state index is -0.679. The molecule has 0 aromatic heterocycles. The van der Waals surface area contributed by atoms with E-state index < -0.39 is 11.8 Å². The summed E-state index contributed by atoms with van der Waals surface area (Å²) in [6.07, 6.45) is 4.13. The van der Waals surface area contributed by atoms with E-state index in [1.165, 1.54) is 7.05 Å². The van der Waals surface area contributed by atoms with Gasteiger partial charge in [0.25, 0.3) is 5.91 Å². The highest BCUT2D eigenvalue weighted by Crippen LogP contribution is 2.50. The molecule has 2 aliphatic rings. The maximum atomic E-state index is 13.2. The summed E-state index contributed by atoms with van der Waals surface area (Å²) in [6, 6.07) is 3.91. The largest absolute Gasteiger partial charge is 0.353 e. The van der Waals surface area contributed by atoms with Gasteiger partial charge in [0.05, 0.1) is 0 Å². The lowest BCUT2D eigenvalue weighted by molar-refractivity contribution is -0.139. The van der Waals surface area contributed by atoms with Crippen LogP contribution >= 0.6 is 0 Å². The van der Waals surface area contributed by atoms with E-state index in [1.54, 1.807) is 6.92 Å². The van der Waals surface area contributed by atoms with Gasteiger partial charge in [-0.3, -0.25) is 19.2 Å². The number of carbonyl (C=O) groups excluding carboxylic acids is 4. The van der Waals surface area contributed by atoms with Crippen molar-refractivity contribution >= 4 is 23.3 Å². The predicted molar refractivity (Wildman–Crippen MR) is 119 cm³/mol. The Morgan fingerprint density at radius 3 is 2.10 bits per heavy atom. The maximum Gasteiger partial charge on any atom is 0.287 e. The lowest BCUT2D eigenvalue weighted by atomic mass is 9.59. The second-order valence-corrected chi connectivity index (χ2v) is 9.27. The summed E-state index contributed by atoms with van der Waals surface area (Å²) in [5.74, 6) is 4.49. The molecular formula is C26H31NO4. The number of Topliss-reactive ketones (excluding diaryl/α,β-unsaturated/α-hetero) is 3. The molecule has 0 saturated heterocycles. The fourth-order valence-electron chi connectivity index (χ4n) is 5.50. The average molecular weight is 422 g/mol. The Bertz CT molecular complexity index is 943. The molecule has 2 fully saturated rings. The smallest absolute Gasteiger partial charge is 0.287 e. The second-order valence-electron chi connectivity index (χ2n) is 9.27. The van der Waals surface area contributed by atoms with Crippen molar-refractivity contribution in [2.45, 2.75) is 71.6 Å². The monoisotopic (exact) mass is 421 g/mol. The average Bonchev–Trinajstić information content (AvgIpc) is 2.71. The number of hydrogen-bond acceptors (Lipinski definition) is 4. The maximum absolute atomic E-state index is 13.2. The number of aryl methyl sites for hydroxylation is 2. The molecule has 3 rings (SSSR count). The van der Waals surface area contributed by atoms with Gasteiger partial charge in [0, 0.05) is 31.9 Å². The van der Waals surface area contributed by atoms with Crippen LogP contribution in [0.2, 0.25) is 0 Å². The lowest BCUT2D eigenvalue weighted by Gasteiger charge is -2.43. The molecule has 1 aromatic carbocycles. The van der Waals surface area contributed by atoms with Gasteiger partial charge in [-0.15, -0.1) is 5.92 Å². The van der Waals surface area contributed by atoms with E-state index in [9.17, 15) is 19.2 Å². The van der Waals surface area contributed by atoms with E-state index in [2.05, 4.69) is 17.2 Å². The molecule has 1 aromatic rings. The van der Waals surface area contributed by atoms with E-state index in [0.29, 0.717) is 12.8 Å². The first-order chi connectivity index (χ1) is 14.7. The number of rotatable bonds is 4. The Kier molecular flexibility index (Phi) is 6.79. The SMILES string of the molecule is CC#Cc1cc(C)c(C2C(=O)CC3(CCC(CC(=O)C(=O)NC)CC3)CC2=O)c(C)c1. The molecule has 0 bridgehead atoms. The molecule has 31 heavy (non-hydrogen) atoms. The van der Waals surface area contributed by atoms with Gasteiger partial charge in [-0.1, -0.05) is 5.92 Å². The normalized spacial score (nSPS) is 25.7. The van der Waals surface area contributed by atoms with Crippen LogP contribution in [0.25, 0.3) is 0 Å². The number of likely N-dealkylation sites (N-methyl/N-ethyl adjacent to an activating group) is 1. The van der Waals surface area contributed by atoms with Crippen molar-refractivity contribution in [1.29, 1.82) is 0 Å². The summed E-state index contributed by atoms with van der Waals surface area (Å²) in [4.78, 5) is 49.9. The van der Waals surface area contributed by atoms with Crippen LogP contribution in [0.1, 0.15) is 80.0 Å². The first kappa shape index (κ1) is 22.9. The number of hydrogen-bond donors (Lipinski definition) is 1. The molecule has 164 valence electrons. The van der Waals surface area contributed by atoms with Crippen LogP contribution in [-0.4, -0.2) is 30.3 Å². The van der Waals surface area contributed by atoms with Crippen LogP contribution in [0.5, 0.6) is 0 Å². The summed E-state index contributed by atoms with van der Waals surface area (Å²) < 4.78 is 0. The highest BCUT2D eigenvalue weighted by atomic mass is 16.2. The predicted octanol–water partition coefficient (Wildman–Crippen LogP) is 3.57. The van der Waals surface area contributed by atoms with E-state index in [-0.39, 0.29) is 35.1 Å². The van der Waals surface area contributed by atoms with E-state index >= 15 is 0 Å². The third-order valence-electron chi connectivity index (χ3n) is 7.01. The second kappa shape index (κ2) is 9.18. The van der Waals surface area contributed by atoms with Crippen LogP contribution in [0.3, 0.4) is 0 Å². The Labute approximate surface area is 184 Å². The van der Waals surface area contributed by atoms with Crippen molar-refractivity contribution in [3.05, 3.63) is 34.4 Å². The number of carbonyl (C=O) groups is 4. The van der Waals surface area contributed by atoms with E-state index in [1.807, 2.05) is 26.0 Å². The molecule has 1 spiro atoms. The van der Waals surface area contributed by atoms with Gasteiger partial charge >= 0.3 is 0 Å². The summed E-state index contributed by atoms with van der Waals surface area (Å²) in [5.41, 5.74) is 3.34. The Hall–Kier alpha value is -2.74. The van der Waals surface area contributed by atoms with Gasteiger partial charge in [-0.2, -0.15) is 0 Å². The highest BCUT2D eigenvalue weighted by molar-refractivity contribution is 6.36. The number of amides is 1. The summed E-state index contributed by atoms with van der Waals surface area (Å²) >= 11 is 0. The third kappa shape index (κ3) is 4.79. The molecule has 0 heterocycles. The molecule has 0 aliphatic heterocycles. The summed E-state index contributed by atoms with van der Waals surface area (Å²) in [6.45, 7) is 5.68. The van der Waals surface area contributed by atoms with Crippen molar-refractivity contribution in [1.82, 2.24) is 5.32 Å². The first-order valence-corrected chi connectivity index (χ1v) is 11.0. The van der Waals surface area contributed by atoms with Gasteiger partial charge in [0.2, 0.25) is 5.78 Å². The zero-order chi connectivity index (χ0) is 22.8. The van der Waals surface area contributed by atoms with Gasteiger partial charge in [-0.05, 0) is 86.6 Å². The fraction of sp³-hybridized carbons (Fsp3) is 0.538. The minimum Gasteiger partial charge on any atom is -0.353 e. The fourth-order valence-corrected chi connectivity index (χ4v) is 5.50. The first-order valence-electron chi connectivity index (χ1n) is 11.0. The quantitative estimate of drug-likeness (QED) is 0.458.